The molecule has 0 bridgehead atoms. The first-order valence-corrected chi connectivity index (χ1v) is 9.21. The molecule has 0 amide bonds. The van der Waals surface area contributed by atoms with E-state index < -0.39 is 23.8 Å². The SMILES string of the molecule is CCOc1ccc(/C=C/C(=O)O[C@H](C)C(=O)c2[nH]c(C)c(C(=O)OC)c2C)cc1. The zero-order valence-electron chi connectivity index (χ0n) is 17.2. The largest absolute Gasteiger partial charge is 0.494 e. The van der Waals surface area contributed by atoms with E-state index in [4.69, 9.17) is 14.2 Å². The lowest BCUT2D eigenvalue weighted by Gasteiger charge is -2.10. The Kier molecular flexibility index (Phi) is 7.36. The molecule has 2 aromatic rings. The molecule has 0 aliphatic heterocycles. The van der Waals surface area contributed by atoms with Crippen molar-refractivity contribution in [1.82, 2.24) is 4.98 Å². The van der Waals surface area contributed by atoms with Crippen LogP contribution in [0.15, 0.2) is 30.3 Å². The Morgan fingerprint density at radius 1 is 1.14 bits per heavy atom. The molecule has 1 aromatic heterocycles. The van der Waals surface area contributed by atoms with E-state index in [1.807, 2.05) is 19.1 Å². The van der Waals surface area contributed by atoms with Crippen LogP contribution in [-0.4, -0.2) is 42.5 Å². The van der Waals surface area contributed by atoms with Gasteiger partial charge in [0, 0.05) is 11.8 Å². The molecule has 2 rings (SSSR count). The fourth-order valence-electron chi connectivity index (χ4n) is 2.88. The number of ketones is 1. The predicted octanol–water partition coefficient (Wildman–Crippen LogP) is 3.64. The molecule has 0 spiro atoms. The number of H-pyrrole nitrogens is 1. The predicted molar refractivity (Wildman–Crippen MR) is 108 cm³/mol. The van der Waals surface area contributed by atoms with Gasteiger partial charge in [0.25, 0.3) is 0 Å². The normalized spacial score (nSPS) is 11.9. The Morgan fingerprint density at radius 2 is 1.79 bits per heavy atom. The van der Waals surface area contributed by atoms with Crippen molar-refractivity contribution < 1.29 is 28.6 Å². The van der Waals surface area contributed by atoms with Gasteiger partial charge in [0.15, 0.2) is 6.10 Å². The Hall–Kier alpha value is -3.35. The first-order valence-electron chi connectivity index (χ1n) is 9.21. The van der Waals surface area contributed by atoms with E-state index in [9.17, 15) is 14.4 Å². The number of aromatic amines is 1. The number of benzene rings is 1. The second-order valence-corrected chi connectivity index (χ2v) is 6.40. The molecule has 0 radical (unpaired) electrons. The fraction of sp³-hybridized carbons (Fsp3) is 0.318. The smallest absolute Gasteiger partial charge is 0.339 e. The molecule has 0 aliphatic carbocycles. The van der Waals surface area contributed by atoms with Gasteiger partial charge < -0.3 is 19.2 Å². The van der Waals surface area contributed by atoms with Crippen molar-refractivity contribution in [1.29, 1.82) is 0 Å². The number of hydrogen-bond acceptors (Lipinski definition) is 6. The number of esters is 2. The molecule has 154 valence electrons. The number of carbonyl (C=O) groups excluding carboxylic acids is 3. The molecule has 1 heterocycles. The lowest BCUT2D eigenvalue weighted by Crippen LogP contribution is -2.24. The summed E-state index contributed by atoms with van der Waals surface area (Å²) >= 11 is 0. The molecular formula is C22H25NO6. The highest BCUT2D eigenvalue weighted by Crippen LogP contribution is 2.21. The minimum Gasteiger partial charge on any atom is -0.494 e. The summed E-state index contributed by atoms with van der Waals surface area (Å²) in [5.74, 6) is -0.856. The Morgan fingerprint density at radius 3 is 2.38 bits per heavy atom. The van der Waals surface area contributed by atoms with Crippen molar-refractivity contribution in [2.45, 2.75) is 33.8 Å². The summed E-state index contributed by atoms with van der Waals surface area (Å²) in [7, 11) is 1.27. The van der Waals surface area contributed by atoms with E-state index in [0.29, 0.717) is 23.4 Å². The van der Waals surface area contributed by atoms with Crippen LogP contribution in [0.5, 0.6) is 5.75 Å². The number of nitrogens with one attached hydrogen (secondary N) is 1. The third-order valence-corrected chi connectivity index (χ3v) is 4.34. The number of Topliss-reactive ketones (excluding diaryl/α,β-unsaturated/α-hetero) is 1. The van der Waals surface area contributed by atoms with E-state index in [-0.39, 0.29) is 5.69 Å². The summed E-state index contributed by atoms with van der Waals surface area (Å²) in [5.41, 5.74) is 2.31. The van der Waals surface area contributed by atoms with Gasteiger partial charge in [-0.1, -0.05) is 12.1 Å². The van der Waals surface area contributed by atoms with Gasteiger partial charge in [-0.15, -0.1) is 0 Å². The third-order valence-electron chi connectivity index (χ3n) is 4.34. The van der Waals surface area contributed by atoms with E-state index in [1.54, 1.807) is 32.1 Å². The van der Waals surface area contributed by atoms with Gasteiger partial charge in [0.05, 0.1) is 25.0 Å². The molecule has 0 saturated carbocycles. The number of aryl methyl sites for hydroxylation is 1. The summed E-state index contributed by atoms with van der Waals surface area (Å²) in [6, 6.07) is 7.22. The highest BCUT2D eigenvalue weighted by atomic mass is 16.5. The lowest BCUT2D eigenvalue weighted by atomic mass is 10.1. The maximum atomic E-state index is 12.7. The van der Waals surface area contributed by atoms with E-state index in [1.165, 1.54) is 20.1 Å². The Bertz CT molecular complexity index is 924. The Balaban J connectivity index is 2.04. The molecule has 7 nitrogen and oxygen atoms in total. The number of aromatic nitrogens is 1. The van der Waals surface area contributed by atoms with Crippen LogP contribution in [0, 0.1) is 13.8 Å². The number of rotatable bonds is 8. The van der Waals surface area contributed by atoms with Crippen LogP contribution in [0.2, 0.25) is 0 Å². The molecule has 29 heavy (non-hydrogen) atoms. The monoisotopic (exact) mass is 399 g/mol. The standard InChI is InChI=1S/C22H25NO6/c1-6-28-17-10-7-16(8-11-17)9-12-18(24)29-15(4)21(25)20-13(2)19(14(3)23-20)22(26)27-5/h7-12,15,23H,6H2,1-5H3/b12-9+/t15-/m1/s1. The first kappa shape index (κ1) is 21.9. The topological polar surface area (TPSA) is 94.7 Å². The number of ether oxygens (including phenoxy) is 3. The van der Waals surface area contributed by atoms with Gasteiger partial charge in [0.2, 0.25) is 5.78 Å². The van der Waals surface area contributed by atoms with Crippen LogP contribution >= 0.6 is 0 Å². The van der Waals surface area contributed by atoms with Crippen molar-refractivity contribution in [3.8, 4) is 5.75 Å². The molecule has 0 fully saturated rings. The molecule has 1 N–H and O–H groups in total. The third kappa shape index (κ3) is 5.34. The minimum atomic E-state index is -1.02. The molecule has 0 unspecified atom stereocenters. The van der Waals surface area contributed by atoms with E-state index in [2.05, 4.69) is 4.98 Å². The summed E-state index contributed by atoms with van der Waals surface area (Å²) in [6.07, 6.45) is 1.83. The van der Waals surface area contributed by atoms with Gasteiger partial charge in [-0.3, -0.25) is 4.79 Å². The van der Waals surface area contributed by atoms with Crippen LogP contribution in [-0.2, 0) is 14.3 Å². The van der Waals surface area contributed by atoms with Gasteiger partial charge >= 0.3 is 11.9 Å². The van der Waals surface area contributed by atoms with Gasteiger partial charge in [-0.05, 0) is 57.0 Å². The van der Waals surface area contributed by atoms with E-state index in [0.717, 1.165) is 11.3 Å². The molecule has 0 saturated heterocycles. The van der Waals surface area contributed by atoms with Crippen molar-refractivity contribution >= 4 is 23.8 Å². The highest BCUT2D eigenvalue weighted by Gasteiger charge is 2.26. The molecular weight excluding hydrogens is 374 g/mol. The highest BCUT2D eigenvalue weighted by molar-refractivity contribution is 6.04. The van der Waals surface area contributed by atoms with Crippen LogP contribution < -0.4 is 4.74 Å². The van der Waals surface area contributed by atoms with Crippen LogP contribution in [0.3, 0.4) is 0 Å². The zero-order chi connectivity index (χ0) is 21.6. The van der Waals surface area contributed by atoms with Crippen LogP contribution in [0.4, 0.5) is 0 Å². The average molecular weight is 399 g/mol. The summed E-state index contributed by atoms with van der Waals surface area (Å²) in [4.78, 5) is 39.5. The number of hydrogen-bond donors (Lipinski definition) is 1. The lowest BCUT2D eigenvalue weighted by molar-refractivity contribution is -0.140. The second-order valence-electron chi connectivity index (χ2n) is 6.40. The maximum Gasteiger partial charge on any atom is 0.339 e. The van der Waals surface area contributed by atoms with Crippen LogP contribution in [0.25, 0.3) is 6.08 Å². The fourth-order valence-corrected chi connectivity index (χ4v) is 2.88. The number of methoxy groups -OCH3 is 1. The first-order chi connectivity index (χ1) is 13.8. The molecule has 1 aromatic carbocycles. The number of carbonyl (C=O) groups is 3. The van der Waals surface area contributed by atoms with E-state index >= 15 is 0 Å². The van der Waals surface area contributed by atoms with Gasteiger partial charge in [0.1, 0.15) is 5.75 Å². The van der Waals surface area contributed by atoms with Gasteiger partial charge in [-0.25, -0.2) is 9.59 Å². The van der Waals surface area contributed by atoms with Crippen LogP contribution in [0.1, 0.15) is 51.5 Å². The summed E-state index contributed by atoms with van der Waals surface area (Å²) < 4.78 is 15.3. The van der Waals surface area contributed by atoms with Gasteiger partial charge in [-0.2, -0.15) is 0 Å². The molecule has 0 aliphatic rings. The quantitative estimate of drug-likeness (QED) is 0.414. The summed E-state index contributed by atoms with van der Waals surface area (Å²) in [6.45, 7) is 7.28. The summed E-state index contributed by atoms with van der Waals surface area (Å²) in [5, 5.41) is 0. The van der Waals surface area contributed by atoms with Crippen molar-refractivity contribution in [2.24, 2.45) is 0 Å². The maximum absolute atomic E-state index is 12.7. The molecule has 1 atom stereocenters. The zero-order valence-corrected chi connectivity index (χ0v) is 17.2. The average Bonchev–Trinajstić information content (AvgIpc) is 3.00. The van der Waals surface area contributed by atoms with Crippen molar-refractivity contribution in [2.75, 3.05) is 13.7 Å². The minimum absolute atomic E-state index is 0.221. The van der Waals surface area contributed by atoms with Crippen molar-refractivity contribution in [3.05, 3.63) is 58.4 Å². The Labute approximate surface area is 169 Å². The second kappa shape index (κ2) is 9.73. The molecule has 7 heteroatoms. The van der Waals surface area contributed by atoms with Crippen molar-refractivity contribution in [3.63, 3.8) is 0 Å².